The fraction of sp³-hybridized carbons (Fsp3) is 0.300. The number of nitrogens with one attached hydrogen (secondary N) is 1. The summed E-state index contributed by atoms with van der Waals surface area (Å²) in [7, 11) is 3.44. The van der Waals surface area contributed by atoms with Gasteiger partial charge in [-0.1, -0.05) is 12.1 Å². The molecule has 136 valence electrons. The third-order valence-electron chi connectivity index (χ3n) is 4.77. The van der Waals surface area contributed by atoms with Gasteiger partial charge in [0.2, 0.25) is 0 Å². The van der Waals surface area contributed by atoms with Gasteiger partial charge in [0.25, 0.3) is 5.91 Å². The Labute approximate surface area is 152 Å². The average Bonchev–Trinajstić information content (AvgIpc) is 2.83. The SMILES string of the molecule is Cc1cccc(O[C@H](C)C(=O)Nc2ccc3c(c2)n(C)c(=O)n3C)c1C. The molecule has 0 saturated heterocycles. The molecule has 2 aromatic carbocycles. The Kier molecular flexibility index (Phi) is 4.59. The second-order valence-corrected chi connectivity index (χ2v) is 6.55. The summed E-state index contributed by atoms with van der Waals surface area (Å²) in [4.78, 5) is 24.5. The molecular formula is C20H23N3O3. The number of imidazole rings is 1. The van der Waals surface area contributed by atoms with Gasteiger partial charge < -0.3 is 10.1 Å². The Bertz CT molecular complexity index is 1050. The predicted octanol–water partition coefficient (Wildman–Crippen LogP) is 2.90. The monoisotopic (exact) mass is 353 g/mol. The summed E-state index contributed by atoms with van der Waals surface area (Å²) in [5.41, 5.74) is 4.24. The first-order chi connectivity index (χ1) is 12.3. The molecule has 0 aliphatic carbocycles. The summed E-state index contributed by atoms with van der Waals surface area (Å²) in [6.07, 6.45) is -0.647. The van der Waals surface area contributed by atoms with Gasteiger partial charge in [0.1, 0.15) is 5.75 Å². The number of benzene rings is 2. The summed E-state index contributed by atoms with van der Waals surface area (Å²) >= 11 is 0. The van der Waals surface area contributed by atoms with Crippen LogP contribution >= 0.6 is 0 Å². The number of nitrogens with zero attached hydrogens (tertiary/aromatic N) is 2. The largest absolute Gasteiger partial charge is 0.481 e. The van der Waals surface area contributed by atoms with Crippen LogP contribution in [0.5, 0.6) is 5.75 Å². The average molecular weight is 353 g/mol. The number of aryl methyl sites for hydroxylation is 3. The van der Waals surface area contributed by atoms with Crippen LogP contribution in [-0.4, -0.2) is 21.1 Å². The van der Waals surface area contributed by atoms with E-state index >= 15 is 0 Å². The molecule has 0 radical (unpaired) electrons. The number of carbonyl (C=O) groups is 1. The number of ether oxygens (including phenoxy) is 1. The van der Waals surface area contributed by atoms with Crippen LogP contribution in [0.3, 0.4) is 0 Å². The van der Waals surface area contributed by atoms with Crippen LogP contribution in [0.25, 0.3) is 11.0 Å². The number of carbonyl (C=O) groups excluding carboxylic acids is 1. The van der Waals surface area contributed by atoms with Crippen LogP contribution in [-0.2, 0) is 18.9 Å². The molecule has 1 N–H and O–H groups in total. The molecule has 0 saturated carbocycles. The lowest BCUT2D eigenvalue weighted by Crippen LogP contribution is -2.30. The Hall–Kier alpha value is -3.02. The molecule has 0 spiro atoms. The van der Waals surface area contributed by atoms with E-state index in [0.29, 0.717) is 11.4 Å². The Morgan fingerprint density at radius 1 is 1.08 bits per heavy atom. The Balaban J connectivity index is 1.79. The maximum atomic E-state index is 12.5. The second-order valence-electron chi connectivity index (χ2n) is 6.55. The van der Waals surface area contributed by atoms with Crippen molar-refractivity contribution in [3.8, 4) is 5.75 Å². The van der Waals surface area contributed by atoms with Crippen LogP contribution in [0.1, 0.15) is 18.1 Å². The van der Waals surface area contributed by atoms with E-state index < -0.39 is 6.10 Å². The van der Waals surface area contributed by atoms with Crippen molar-refractivity contribution in [3.63, 3.8) is 0 Å². The number of rotatable bonds is 4. The zero-order valence-electron chi connectivity index (χ0n) is 15.7. The van der Waals surface area contributed by atoms with Crippen molar-refractivity contribution in [2.75, 3.05) is 5.32 Å². The zero-order chi connectivity index (χ0) is 19.0. The number of amides is 1. The van der Waals surface area contributed by atoms with Crippen LogP contribution in [0, 0.1) is 13.8 Å². The Morgan fingerprint density at radius 3 is 2.50 bits per heavy atom. The van der Waals surface area contributed by atoms with Crippen molar-refractivity contribution in [2.24, 2.45) is 14.1 Å². The quantitative estimate of drug-likeness (QED) is 0.784. The predicted molar refractivity (Wildman–Crippen MR) is 103 cm³/mol. The van der Waals surface area contributed by atoms with Crippen LogP contribution in [0.15, 0.2) is 41.2 Å². The molecule has 6 heteroatoms. The highest BCUT2D eigenvalue weighted by atomic mass is 16.5. The minimum Gasteiger partial charge on any atom is -0.481 e. The molecule has 1 amide bonds. The molecule has 0 fully saturated rings. The molecule has 26 heavy (non-hydrogen) atoms. The lowest BCUT2D eigenvalue weighted by atomic mass is 10.1. The molecule has 0 unspecified atom stereocenters. The van der Waals surface area contributed by atoms with Crippen LogP contribution in [0.4, 0.5) is 5.69 Å². The van der Waals surface area contributed by atoms with Crippen molar-refractivity contribution in [1.29, 1.82) is 0 Å². The lowest BCUT2D eigenvalue weighted by molar-refractivity contribution is -0.122. The van der Waals surface area contributed by atoms with Gasteiger partial charge >= 0.3 is 5.69 Å². The minimum atomic E-state index is -0.647. The van der Waals surface area contributed by atoms with E-state index in [4.69, 9.17) is 4.74 Å². The molecule has 1 heterocycles. The van der Waals surface area contributed by atoms with Crippen LogP contribution in [0.2, 0.25) is 0 Å². The summed E-state index contributed by atoms with van der Waals surface area (Å²) in [5.74, 6) is 0.458. The van der Waals surface area contributed by atoms with Gasteiger partial charge in [0.15, 0.2) is 6.10 Å². The molecular weight excluding hydrogens is 330 g/mol. The molecule has 0 aliphatic rings. The van der Waals surface area contributed by atoms with E-state index in [9.17, 15) is 9.59 Å². The van der Waals surface area contributed by atoms with Gasteiger partial charge in [-0.25, -0.2) is 4.79 Å². The number of aromatic nitrogens is 2. The summed E-state index contributed by atoms with van der Waals surface area (Å²) < 4.78 is 8.96. The van der Waals surface area contributed by atoms with Gasteiger partial charge in [-0.3, -0.25) is 13.9 Å². The highest BCUT2D eigenvalue weighted by molar-refractivity contribution is 5.96. The maximum Gasteiger partial charge on any atom is 0.328 e. The highest BCUT2D eigenvalue weighted by Crippen LogP contribution is 2.22. The van der Waals surface area contributed by atoms with Gasteiger partial charge in [0.05, 0.1) is 11.0 Å². The summed E-state index contributed by atoms with van der Waals surface area (Å²) in [5, 5.41) is 2.86. The standard InChI is InChI=1S/C20H23N3O3/c1-12-7-6-8-18(13(12)2)26-14(3)19(24)21-15-9-10-16-17(11-15)23(5)20(25)22(16)4/h6-11,14H,1-5H3,(H,21,24)/t14-/m1/s1. The number of hydrogen-bond acceptors (Lipinski definition) is 3. The topological polar surface area (TPSA) is 65.3 Å². The second kappa shape index (κ2) is 6.71. The molecule has 1 aromatic heterocycles. The van der Waals surface area contributed by atoms with Gasteiger partial charge in [-0.15, -0.1) is 0 Å². The van der Waals surface area contributed by atoms with E-state index in [2.05, 4.69) is 5.32 Å². The molecule has 1 atom stereocenters. The van der Waals surface area contributed by atoms with E-state index in [1.807, 2.05) is 38.1 Å². The van der Waals surface area contributed by atoms with Gasteiger partial charge in [-0.2, -0.15) is 0 Å². The third-order valence-corrected chi connectivity index (χ3v) is 4.77. The van der Waals surface area contributed by atoms with Crippen molar-refractivity contribution in [3.05, 3.63) is 58.0 Å². The molecule has 0 aliphatic heterocycles. The molecule has 0 bridgehead atoms. The van der Waals surface area contributed by atoms with E-state index in [1.165, 1.54) is 0 Å². The first-order valence-corrected chi connectivity index (χ1v) is 8.49. The summed E-state index contributed by atoms with van der Waals surface area (Å²) in [6, 6.07) is 11.2. The van der Waals surface area contributed by atoms with E-state index in [1.54, 1.807) is 42.3 Å². The third kappa shape index (κ3) is 3.10. The molecule has 3 rings (SSSR count). The van der Waals surface area contributed by atoms with Gasteiger partial charge in [0, 0.05) is 19.8 Å². The first-order valence-electron chi connectivity index (χ1n) is 8.49. The number of hydrogen-bond donors (Lipinski definition) is 1. The van der Waals surface area contributed by atoms with Gasteiger partial charge in [-0.05, 0) is 56.2 Å². The normalized spacial score (nSPS) is 12.2. The fourth-order valence-corrected chi connectivity index (χ4v) is 2.92. The van der Waals surface area contributed by atoms with Crippen LogP contribution < -0.4 is 15.7 Å². The van der Waals surface area contributed by atoms with Crippen molar-refractivity contribution in [1.82, 2.24) is 9.13 Å². The Morgan fingerprint density at radius 2 is 1.77 bits per heavy atom. The zero-order valence-corrected chi connectivity index (χ0v) is 15.7. The maximum absolute atomic E-state index is 12.5. The lowest BCUT2D eigenvalue weighted by Gasteiger charge is -2.17. The van der Waals surface area contributed by atoms with E-state index in [0.717, 1.165) is 22.2 Å². The molecule has 6 nitrogen and oxygen atoms in total. The highest BCUT2D eigenvalue weighted by Gasteiger charge is 2.17. The minimum absolute atomic E-state index is 0.102. The van der Waals surface area contributed by atoms with Crippen molar-refractivity contribution >= 4 is 22.6 Å². The van der Waals surface area contributed by atoms with E-state index in [-0.39, 0.29) is 11.6 Å². The number of anilines is 1. The first kappa shape index (κ1) is 17.8. The molecule has 3 aromatic rings. The number of fused-ring (bicyclic) bond motifs is 1. The van der Waals surface area contributed by atoms with Crippen molar-refractivity contribution in [2.45, 2.75) is 26.9 Å². The smallest absolute Gasteiger partial charge is 0.328 e. The fourth-order valence-electron chi connectivity index (χ4n) is 2.92. The van der Waals surface area contributed by atoms with Crippen molar-refractivity contribution < 1.29 is 9.53 Å². The summed E-state index contributed by atoms with van der Waals surface area (Å²) in [6.45, 7) is 5.69.